The monoisotopic (exact) mass is 284 g/mol. The number of nitrogens with zero attached hydrogens (tertiary/aromatic N) is 2. The number of nitrogens with two attached hydrogens (primary N) is 1. The molecule has 0 atom stereocenters. The predicted molar refractivity (Wildman–Crippen MR) is 83.7 cm³/mol. The Morgan fingerprint density at radius 2 is 1.95 bits per heavy atom. The number of aryl methyl sites for hydroxylation is 2. The number of hydrogen-bond donors (Lipinski definition) is 2. The number of allylic oxidation sites excluding steroid dienone is 2. The Kier molecular flexibility index (Phi) is 4.06. The molecule has 3 N–H and O–H groups in total. The molecule has 0 bridgehead atoms. The molecular formula is C15H16N4S. The molecule has 0 aliphatic heterocycles. The Morgan fingerprint density at radius 3 is 2.50 bits per heavy atom. The second-order valence-corrected chi connectivity index (χ2v) is 5.57. The number of thiazole rings is 1. The first kappa shape index (κ1) is 14.1. The van der Waals surface area contributed by atoms with E-state index in [9.17, 15) is 0 Å². The standard InChI is InChI=1S/C15H16N4S/c1-9-4-10(2)6-12(5-9)18-15-19-14(8-20-15)13(7-16)11(3)17/h4-6,8H,17H2,1-3H3,(H,18,19)/b13-11+. The fourth-order valence-corrected chi connectivity index (χ4v) is 2.69. The van der Waals surface area contributed by atoms with Crippen LogP contribution in [0.4, 0.5) is 10.8 Å². The average Bonchev–Trinajstić information content (AvgIpc) is 2.76. The lowest BCUT2D eigenvalue weighted by atomic mass is 10.1. The second kappa shape index (κ2) is 5.76. The summed E-state index contributed by atoms with van der Waals surface area (Å²) < 4.78 is 0. The molecule has 5 heteroatoms. The lowest BCUT2D eigenvalue weighted by Gasteiger charge is -2.05. The molecule has 0 aliphatic rings. The summed E-state index contributed by atoms with van der Waals surface area (Å²) in [4.78, 5) is 4.40. The van der Waals surface area contributed by atoms with Gasteiger partial charge in [-0.2, -0.15) is 5.26 Å². The first-order valence-electron chi connectivity index (χ1n) is 6.17. The van der Waals surface area contributed by atoms with E-state index in [0.29, 0.717) is 17.0 Å². The van der Waals surface area contributed by atoms with Gasteiger partial charge in [0.05, 0.1) is 11.3 Å². The lowest BCUT2D eigenvalue weighted by Crippen LogP contribution is -1.97. The van der Waals surface area contributed by atoms with E-state index < -0.39 is 0 Å². The lowest BCUT2D eigenvalue weighted by molar-refractivity contribution is 1.27. The number of nitriles is 1. The third-order valence-corrected chi connectivity index (χ3v) is 3.50. The van der Waals surface area contributed by atoms with Crippen LogP contribution in [0.2, 0.25) is 0 Å². The van der Waals surface area contributed by atoms with E-state index in [1.165, 1.54) is 22.5 Å². The fourth-order valence-electron chi connectivity index (χ4n) is 1.96. The zero-order valence-electron chi connectivity index (χ0n) is 11.7. The molecule has 20 heavy (non-hydrogen) atoms. The summed E-state index contributed by atoms with van der Waals surface area (Å²) in [6.45, 7) is 5.81. The zero-order valence-corrected chi connectivity index (χ0v) is 12.5. The molecule has 0 saturated carbocycles. The maximum absolute atomic E-state index is 9.08. The number of anilines is 2. The molecule has 0 aliphatic carbocycles. The van der Waals surface area contributed by atoms with E-state index in [2.05, 4.69) is 48.4 Å². The van der Waals surface area contributed by atoms with E-state index in [1.54, 1.807) is 6.92 Å². The molecule has 2 rings (SSSR count). The Labute approximate surface area is 122 Å². The fraction of sp³-hybridized carbons (Fsp3) is 0.200. The molecule has 1 heterocycles. The summed E-state index contributed by atoms with van der Waals surface area (Å²) in [7, 11) is 0. The minimum atomic E-state index is 0.426. The van der Waals surface area contributed by atoms with Crippen LogP contribution in [-0.4, -0.2) is 4.98 Å². The van der Waals surface area contributed by atoms with Crippen molar-refractivity contribution in [1.29, 1.82) is 5.26 Å². The minimum Gasteiger partial charge on any atom is -0.401 e. The van der Waals surface area contributed by atoms with Gasteiger partial charge in [-0.1, -0.05) is 6.07 Å². The molecule has 0 amide bonds. The van der Waals surface area contributed by atoms with Crippen LogP contribution in [0.1, 0.15) is 23.7 Å². The van der Waals surface area contributed by atoms with Crippen LogP contribution in [0.25, 0.3) is 5.57 Å². The number of aromatic nitrogens is 1. The van der Waals surface area contributed by atoms with Gasteiger partial charge in [0.1, 0.15) is 6.07 Å². The molecule has 1 aromatic heterocycles. The molecule has 0 unspecified atom stereocenters. The Morgan fingerprint density at radius 1 is 1.30 bits per heavy atom. The number of benzene rings is 1. The molecule has 2 aromatic rings. The maximum atomic E-state index is 9.08. The van der Waals surface area contributed by atoms with Crippen molar-refractivity contribution in [3.8, 4) is 6.07 Å². The van der Waals surface area contributed by atoms with Crippen molar-refractivity contribution in [2.45, 2.75) is 20.8 Å². The van der Waals surface area contributed by atoms with Gasteiger partial charge in [0.15, 0.2) is 5.13 Å². The molecule has 0 radical (unpaired) electrons. The van der Waals surface area contributed by atoms with Gasteiger partial charge in [0, 0.05) is 16.8 Å². The van der Waals surface area contributed by atoms with Crippen molar-refractivity contribution in [1.82, 2.24) is 4.98 Å². The number of nitrogens with one attached hydrogen (secondary N) is 1. The summed E-state index contributed by atoms with van der Waals surface area (Å²) in [5.74, 6) is 0. The van der Waals surface area contributed by atoms with Gasteiger partial charge in [-0.05, 0) is 44.0 Å². The van der Waals surface area contributed by atoms with Crippen LogP contribution in [0.15, 0.2) is 29.3 Å². The minimum absolute atomic E-state index is 0.426. The van der Waals surface area contributed by atoms with Gasteiger partial charge < -0.3 is 11.1 Å². The van der Waals surface area contributed by atoms with Crippen molar-refractivity contribution >= 4 is 27.7 Å². The van der Waals surface area contributed by atoms with Crippen LogP contribution >= 0.6 is 11.3 Å². The van der Waals surface area contributed by atoms with Gasteiger partial charge >= 0.3 is 0 Å². The quantitative estimate of drug-likeness (QED) is 0.842. The maximum Gasteiger partial charge on any atom is 0.187 e. The second-order valence-electron chi connectivity index (χ2n) is 4.71. The van der Waals surface area contributed by atoms with E-state index in [0.717, 1.165) is 10.8 Å². The van der Waals surface area contributed by atoms with Crippen molar-refractivity contribution < 1.29 is 0 Å². The number of hydrogen-bond acceptors (Lipinski definition) is 5. The van der Waals surface area contributed by atoms with Gasteiger partial charge in [-0.3, -0.25) is 0 Å². The average molecular weight is 284 g/mol. The smallest absolute Gasteiger partial charge is 0.187 e. The Bertz CT molecular complexity index is 683. The summed E-state index contributed by atoms with van der Waals surface area (Å²) in [6, 6.07) is 8.32. The molecule has 0 fully saturated rings. The molecule has 102 valence electrons. The van der Waals surface area contributed by atoms with Crippen LogP contribution in [-0.2, 0) is 0 Å². The van der Waals surface area contributed by atoms with Gasteiger partial charge in [0.2, 0.25) is 0 Å². The zero-order chi connectivity index (χ0) is 14.7. The summed E-state index contributed by atoms with van der Waals surface area (Å²) >= 11 is 1.45. The highest BCUT2D eigenvalue weighted by Gasteiger charge is 2.09. The first-order valence-corrected chi connectivity index (χ1v) is 7.05. The summed E-state index contributed by atoms with van der Waals surface area (Å²) in [6.07, 6.45) is 0. The summed E-state index contributed by atoms with van der Waals surface area (Å²) in [5, 5.41) is 14.9. The molecule has 0 spiro atoms. The summed E-state index contributed by atoms with van der Waals surface area (Å²) in [5.41, 5.74) is 10.6. The number of rotatable bonds is 3. The van der Waals surface area contributed by atoms with Crippen molar-refractivity contribution in [2.24, 2.45) is 5.73 Å². The topological polar surface area (TPSA) is 74.7 Å². The normalized spacial score (nSPS) is 11.7. The van der Waals surface area contributed by atoms with E-state index in [1.807, 2.05) is 5.38 Å². The first-order chi connectivity index (χ1) is 9.49. The molecule has 0 saturated heterocycles. The molecule has 4 nitrogen and oxygen atoms in total. The van der Waals surface area contributed by atoms with Crippen LogP contribution in [0, 0.1) is 25.2 Å². The van der Waals surface area contributed by atoms with Crippen LogP contribution < -0.4 is 11.1 Å². The van der Waals surface area contributed by atoms with Crippen LogP contribution in [0.3, 0.4) is 0 Å². The largest absolute Gasteiger partial charge is 0.401 e. The van der Waals surface area contributed by atoms with Gasteiger partial charge in [0.25, 0.3) is 0 Å². The Balaban J connectivity index is 2.26. The van der Waals surface area contributed by atoms with Crippen LogP contribution in [0.5, 0.6) is 0 Å². The van der Waals surface area contributed by atoms with E-state index in [4.69, 9.17) is 11.0 Å². The van der Waals surface area contributed by atoms with Crippen molar-refractivity contribution in [2.75, 3.05) is 5.32 Å². The predicted octanol–water partition coefficient (Wildman–Crippen LogP) is 3.72. The van der Waals surface area contributed by atoms with Crippen molar-refractivity contribution in [3.63, 3.8) is 0 Å². The molecular weight excluding hydrogens is 268 g/mol. The van der Waals surface area contributed by atoms with E-state index in [-0.39, 0.29) is 0 Å². The van der Waals surface area contributed by atoms with Gasteiger partial charge in [-0.25, -0.2) is 4.98 Å². The highest BCUT2D eigenvalue weighted by molar-refractivity contribution is 7.13. The third-order valence-electron chi connectivity index (χ3n) is 2.74. The molecule has 1 aromatic carbocycles. The SMILES string of the molecule is C/C(N)=C(/C#N)c1csc(Nc2cc(C)cc(C)c2)n1. The van der Waals surface area contributed by atoms with Crippen molar-refractivity contribution in [3.05, 3.63) is 46.1 Å². The van der Waals surface area contributed by atoms with Gasteiger partial charge in [-0.15, -0.1) is 11.3 Å². The third kappa shape index (κ3) is 3.16. The van der Waals surface area contributed by atoms with E-state index >= 15 is 0 Å². The highest BCUT2D eigenvalue weighted by atomic mass is 32.1. The highest BCUT2D eigenvalue weighted by Crippen LogP contribution is 2.26. The Hall–Kier alpha value is -2.32.